The van der Waals surface area contributed by atoms with Crippen molar-refractivity contribution in [3.05, 3.63) is 9.66 Å². The predicted molar refractivity (Wildman–Crippen MR) is 59.9 cm³/mol. The Morgan fingerprint density at radius 2 is 1.71 bits per heavy atom. The zero-order valence-corrected chi connectivity index (χ0v) is 10.5. The number of carbonyl (C=O) groups is 2. The third kappa shape index (κ3) is 4.08. The number of methoxy groups -OCH3 is 2. The molecule has 0 spiro atoms. The van der Waals surface area contributed by atoms with Crippen molar-refractivity contribution < 1.29 is 19.1 Å². The number of esters is 2. The van der Waals surface area contributed by atoms with Crippen LogP contribution in [-0.2, 0) is 19.1 Å². The lowest BCUT2D eigenvalue weighted by Crippen LogP contribution is -2.26. The van der Waals surface area contributed by atoms with Gasteiger partial charge in [-0.15, -0.1) is 0 Å². The Morgan fingerprint density at radius 3 is 2.00 bits per heavy atom. The van der Waals surface area contributed by atoms with Crippen LogP contribution in [0, 0.1) is 5.92 Å². The number of rotatable bonds is 4. The summed E-state index contributed by atoms with van der Waals surface area (Å²) < 4.78 is 10.8. The lowest BCUT2D eigenvalue weighted by Gasteiger charge is -2.11. The number of halogens is 1. The lowest BCUT2D eigenvalue weighted by molar-refractivity contribution is -0.158. The Hall–Kier alpha value is -0.590. The topological polar surface area (TPSA) is 52.6 Å². The van der Waals surface area contributed by atoms with E-state index >= 15 is 0 Å². The molecule has 0 fully saturated rings. The Morgan fingerprint density at radius 1 is 1.29 bits per heavy atom. The standard InChI is InChI=1S/C9H13IO4/c1-6(5-10)4-7(8(11)13-2)9(12)14-3/h5,7H,4H2,1-3H3/b6-5-. The SMILES string of the molecule is COC(=O)C(C/C(C)=C\I)C(=O)OC. The van der Waals surface area contributed by atoms with Gasteiger partial charge >= 0.3 is 11.9 Å². The quantitative estimate of drug-likeness (QED) is 0.450. The highest BCUT2D eigenvalue weighted by Crippen LogP contribution is 2.15. The van der Waals surface area contributed by atoms with Gasteiger partial charge in [0.05, 0.1) is 14.2 Å². The third-order valence-corrected chi connectivity index (χ3v) is 2.75. The van der Waals surface area contributed by atoms with Crippen LogP contribution in [0.4, 0.5) is 0 Å². The van der Waals surface area contributed by atoms with Crippen molar-refractivity contribution in [2.45, 2.75) is 13.3 Å². The number of ether oxygens (including phenoxy) is 2. The second kappa shape index (κ2) is 6.80. The molecule has 0 N–H and O–H groups in total. The van der Waals surface area contributed by atoms with Crippen LogP contribution in [-0.4, -0.2) is 26.2 Å². The summed E-state index contributed by atoms with van der Waals surface area (Å²) >= 11 is 2.05. The van der Waals surface area contributed by atoms with Crippen molar-refractivity contribution in [3.8, 4) is 0 Å². The molecule has 0 aromatic heterocycles. The van der Waals surface area contributed by atoms with Gasteiger partial charge in [0.1, 0.15) is 0 Å². The van der Waals surface area contributed by atoms with E-state index in [2.05, 4.69) is 32.1 Å². The van der Waals surface area contributed by atoms with Crippen molar-refractivity contribution in [2.75, 3.05) is 14.2 Å². The smallest absolute Gasteiger partial charge is 0.320 e. The van der Waals surface area contributed by atoms with Gasteiger partial charge in [0.25, 0.3) is 0 Å². The fourth-order valence-electron chi connectivity index (χ4n) is 0.914. The molecule has 0 aromatic carbocycles. The molecule has 0 bridgehead atoms. The van der Waals surface area contributed by atoms with Crippen molar-refractivity contribution in [1.82, 2.24) is 0 Å². The molecule has 4 nitrogen and oxygen atoms in total. The van der Waals surface area contributed by atoms with Crippen molar-refractivity contribution in [1.29, 1.82) is 0 Å². The van der Waals surface area contributed by atoms with Crippen LogP contribution in [0.3, 0.4) is 0 Å². The molecular weight excluding hydrogens is 299 g/mol. The van der Waals surface area contributed by atoms with Crippen LogP contribution in [0.25, 0.3) is 0 Å². The minimum atomic E-state index is -0.851. The molecule has 0 aliphatic carbocycles. The summed E-state index contributed by atoms with van der Waals surface area (Å²) in [5.41, 5.74) is 0.936. The summed E-state index contributed by atoms with van der Waals surface area (Å²) in [5.74, 6) is -1.97. The maximum Gasteiger partial charge on any atom is 0.320 e. The van der Waals surface area contributed by atoms with E-state index < -0.39 is 17.9 Å². The first-order chi connectivity index (χ1) is 6.56. The van der Waals surface area contributed by atoms with Crippen molar-refractivity contribution in [2.24, 2.45) is 5.92 Å². The van der Waals surface area contributed by atoms with Gasteiger partial charge in [0.2, 0.25) is 0 Å². The summed E-state index contributed by atoms with van der Waals surface area (Å²) in [6.45, 7) is 1.84. The largest absolute Gasteiger partial charge is 0.468 e. The van der Waals surface area contributed by atoms with Crippen LogP contribution in [0.5, 0.6) is 0 Å². The van der Waals surface area contributed by atoms with Gasteiger partial charge in [0, 0.05) is 0 Å². The molecule has 0 radical (unpaired) electrons. The molecule has 80 valence electrons. The highest BCUT2D eigenvalue weighted by molar-refractivity contribution is 14.1. The first-order valence-corrected chi connectivity index (χ1v) is 5.22. The molecule has 0 aliphatic heterocycles. The van der Waals surface area contributed by atoms with Gasteiger partial charge in [-0.2, -0.15) is 0 Å². The molecule has 0 unspecified atom stereocenters. The second-order valence-corrected chi connectivity index (χ2v) is 3.38. The second-order valence-electron chi connectivity index (χ2n) is 2.76. The van der Waals surface area contributed by atoms with E-state index in [1.165, 1.54) is 14.2 Å². The van der Waals surface area contributed by atoms with Crippen molar-refractivity contribution >= 4 is 34.5 Å². The lowest BCUT2D eigenvalue weighted by atomic mass is 10.0. The average Bonchev–Trinajstić information content (AvgIpc) is 2.23. The van der Waals surface area contributed by atoms with Gasteiger partial charge in [-0.3, -0.25) is 9.59 Å². The molecule has 0 rings (SSSR count). The summed E-state index contributed by atoms with van der Waals surface area (Å²) in [5, 5.41) is 0. The maximum absolute atomic E-state index is 11.2. The number of allylic oxidation sites excluding steroid dienone is 1. The van der Waals surface area contributed by atoms with Crippen LogP contribution in [0.2, 0.25) is 0 Å². The molecular formula is C9H13IO4. The van der Waals surface area contributed by atoms with E-state index in [-0.39, 0.29) is 0 Å². The van der Waals surface area contributed by atoms with E-state index in [9.17, 15) is 9.59 Å². The van der Waals surface area contributed by atoms with Gasteiger partial charge in [-0.1, -0.05) is 28.2 Å². The Kier molecular flexibility index (Phi) is 6.52. The predicted octanol–water partition coefficient (Wildman–Crippen LogP) is 1.68. The van der Waals surface area contributed by atoms with Crippen LogP contribution in [0.1, 0.15) is 13.3 Å². The van der Waals surface area contributed by atoms with Gasteiger partial charge in [-0.25, -0.2) is 0 Å². The molecule has 0 aromatic rings. The van der Waals surface area contributed by atoms with Crippen LogP contribution in [0.15, 0.2) is 9.66 Å². The van der Waals surface area contributed by atoms with E-state index in [0.29, 0.717) is 6.42 Å². The molecule has 0 aliphatic rings. The molecule has 0 atom stereocenters. The summed E-state index contributed by atoms with van der Waals surface area (Å²) in [7, 11) is 2.50. The molecule has 0 saturated heterocycles. The fraction of sp³-hybridized carbons (Fsp3) is 0.556. The minimum Gasteiger partial charge on any atom is -0.468 e. The Balaban J connectivity index is 4.56. The molecule has 5 heteroatoms. The van der Waals surface area contributed by atoms with Crippen molar-refractivity contribution in [3.63, 3.8) is 0 Å². The maximum atomic E-state index is 11.2. The Bertz CT molecular complexity index is 231. The highest BCUT2D eigenvalue weighted by Gasteiger charge is 2.28. The zero-order valence-electron chi connectivity index (χ0n) is 8.37. The van der Waals surface area contributed by atoms with Gasteiger partial charge < -0.3 is 9.47 Å². The monoisotopic (exact) mass is 312 g/mol. The van der Waals surface area contributed by atoms with Crippen LogP contribution < -0.4 is 0 Å². The molecule has 0 amide bonds. The highest BCUT2D eigenvalue weighted by atomic mass is 127. The first kappa shape index (κ1) is 13.4. The van der Waals surface area contributed by atoms with E-state index in [0.717, 1.165) is 5.57 Å². The van der Waals surface area contributed by atoms with E-state index in [1.807, 2.05) is 11.0 Å². The zero-order chi connectivity index (χ0) is 11.1. The Labute approximate surface area is 96.8 Å². The average molecular weight is 312 g/mol. The van der Waals surface area contributed by atoms with E-state index in [1.54, 1.807) is 0 Å². The summed E-state index contributed by atoms with van der Waals surface area (Å²) in [6, 6.07) is 0. The molecule has 14 heavy (non-hydrogen) atoms. The number of carbonyl (C=O) groups excluding carboxylic acids is 2. The molecule has 0 saturated carbocycles. The number of hydrogen-bond donors (Lipinski definition) is 0. The summed E-state index contributed by atoms with van der Waals surface area (Å²) in [6.07, 6.45) is 0.336. The molecule has 0 heterocycles. The third-order valence-electron chi connectivity index (χ3n) is 1.68. The minimum absolute atomic E-state index is 0.336. The van der Waals surface area contributed by atoms with E-state index in [4.69, 9.17) is 0 Å². The van der Waals surface area contributed by atoms with Crippen LogP contribution >= 0.6 is 22.6 Å². The first-order valence-electron chi connectivity index (χ1n) is 3.98. The van der Waals surface area contributed by atoms with Gasteiger partial charge in [0.15, 0.2) is 5.92 Å². The number of hydrogen-bond acceptors (Lipinski definition) is 4. The summed E-state index contributed by atoms with van der Waals surface area (Å²) in [4.78, 5) is 22.4. The normalized spacial score (nSPS) is 11.4. The fourth-order valence-corrected chi connectivity index (χ4v) is 1.17. The van der Waals surface area contributed by atoms with Gasteiger partial charge in [-0.05, 0) is 17.4 Å².